The molecule has 0 spiro atoms. The molecular weight excluding hydrogens is 322 g/mol. The normalized spacial score (nSPS) is 10.4. The second kappa shape index (κ2) is 7.56. The van der Waals surface area contributed by atoms with Crippen molar-refractivity contribution in [2.24, 2.45) is 0 Å². The van der Waals surface area contributed by atoms with Gasteiger partial charge in [-0.1, -0.05) is 57.9 Å². The van der Waals surface area contributed by atoms with Crippen molar-refractivity contribution in [2.75, 3.05) is 11.9 Å². The minimum atomic E-state index is 0.762. The van der Waals surface area contributed by atoms with E-state index in [1.54, 1.807) is 0 Å². The Labute approximate surface area is 128 Å². The molecule has 0 aromatic heterocycles. The summed E-state index contributed by atoms with van der Waals surface area (Å²) in [6, 6.07) is 16.5. The molecule has 2 aromatic carbocycles. The molecule has 0 unspecified atom stereocenters. The Hall–Kier alpha value is -0.990. The molecule has 0 atom stereocenters. The number of hydrogen-bond acceptors (Lipinski definition) is 1. The topological polar surface area (TPSA) is 12.0 Å². The molecule has 19 heavy (non-hydrogen) atoms. The molecule has 0 aliphatic rings. The average Bonchev–Trinajstić information content (AvgIpc) is 2.42. The maximum atomic E-state index is 6.15. The molecule has 0 saturated carbocycles. The van der Waals surface area contributed by atoms with Gasteiger partial charge in [-0.2, -0.15) is 0 Å². The molecule has 2 rings (SSSR count). The van der Waals surface area contributed by atoms with Crippen LogP contribution in [0, 0.1) is 0 Å². The highest BCUT2D eigenvalue weighted by molar-refractivity contribution is 9.10. The zero-order valence-corrected chi connectivity index (χ0v) is 13.0. The van der Waals surface area contributed by atoms with Crippen molar-refractivity contribution in [3.8, 4) is 0 Å². The van der Waals surface area contributed by atoms with Crippen LogP contribution in [0.5, 0.6) is 0 Å². The third kappa shape index (κ3) is 4.88. The van der Waals surface area contributed by atoms with Gasteiger partial charge >= 0.3 is 0 Å². The van der Waals surface area contributed by atoms with Gasteiger partial charge in [-0.3, -0.25) is 0 Å². The van der Waals surface area contributed by atoms with Crippen molar-refractivity contribution in [3.05, 3.63) is 63.6 Å². The van der Waals surface area contributed by atoms with Crippen LogP contribution in [-0.2, 0) is 6.42 Å². The van der Waals surface area contributed by atoms with E-state index >= 15 is 0 Å². The standard InChI is InChI=1S/C16H17BrClN/c17-14-9-10-16(15(18)12-14)19-11-5-4-8-13-6-2-1-3-7-13/h1-3,6-7,9-10,12,19H,4-5,8,11H2. The average molecular weight is 339 g/mol. The zero-order chi connectivity index (χ0) is 13.5. The Bertz CT molecular complexity index is 513. The van der Waals surface area contributed by atoms with E-state index in [1.807, 2.05) is 18.2 Å². The van der Waals surface area contributed by atoms with Crippen molar-refractivity contribution in [2.45, 2.75) is 19.3 Å². The van der Waals surface area contributed by atoms with Gasteiger partial charge in [-0.25, -0.2) is 0 Å². The van der Waals surface area contributed by atoms with Crippen LogP contribution >= 0.6 is 27.5 Å². The first kappa shape index (κ1) is 14.4. The molecule has 0 aliphatic heterocycles. The molecule has 0 fully saturated rings. The lowest BCUT2D eigenvalue weighted by molar-refractivity contribution is 0.763. The Kier molecular flexibility index (Phi) is 5.74. The summed E-state index contributed by atoms with van der Waals surface area (Å²) in [7, 11) is 0. The van der Waals surface area contributed by atoms with Gasteiger partial charge in [0, 0.05) is 11.0 Å². The number of halogens is 2. The number of hydrogen-bond donors (Lipinski definition) is 1. The highest BCUT2D eigenvalue weighted by Gasteiger charge is 2.00. The molecule has 0 amide bonds. The van der Waals surface area contributed by atoms with Crippen LogP contribution in [-0.4, -0.2) is 6.54 Å². The Morgan fingerprint density at radius 1 is 1.00 bits per heavy atom. The van der Waals surface area contributed by atoms with Crippen molar-refractivity contribution < 1.29 is 0 Å². The lowest BCUT2D eigenvalue weighted by Gasteiger charge is -2.08. The van der Waals surface area contributed by atoms with Crippen molar-refractivity contribution in [1.82, 2.24) is 0 Å². The van der Waals surface area contributed by atoms with E-state index < -0.39 is 0 Å². The quantitative estimate of drug-likeness (QED) is 0.682. The second-order valence-electron chi connectivity index (χ2n) is 4.49. The predicted molar refractivity (Wildman–Crippen MR) is 87.0 cm³/mol. The van der Waals surface area contributed by atoms with Crippen LogP contribution in [0.4, 0.5) is 5.69 Å². The highest BCUT2D eigenvalue weighted by Crippen LogP contribution is 2.25. The summed E-state index contributed by atoms with van der Waals surface area (Å²) >= 11 is 9.55. The highest BCUT2D eigenvalue weighted by atomic mass is 79.9. The fourth-order valence-corrected chi connectivity index (χ4v) is 2.69. The largest absolute Gasteiger partial charge is 0.384 e. The number of benzene rings is 2. The van der Waals surface area contributed by atoms with Gasteiger partial charge in [-0.15, -0.1) is 0 Å². The molecule has 0 radical (unpaired) electrons. The van der Waals surface area contributed by atoms with Crippen molar-refractivity contribution in [3.63, 3.8) is 0 Å². The Morgan fingerprint density at radius 3 is 2.53 bits per heavy atom. The molecule has 0 aliphatic carbocycles. The smallest absolute Gasteiger partial charge is 0.0648 e. The number of unbranched alkanes of at least 4 members (excludes halogenated alkanes) is 1. The van der Waals surface area contributed by atoms with E-state index in [1.165, 1.54) is 12.0 Å². The summed E-state index contributed by atoms with van der Waals surface area (Å²) in [5, 5.41) is 4.14. The summed E-state index contributed by atoms with van der Waals surface area (Å²) in [6.07, 6.45) is 3.46. The lowest BCUT2D eigenvalue weighted by Crippen LogP contribution is -2.02. The summed E-state index contributed by atoms with van der Waals surface area (Å²) < 4.78 is 1.01. The zero-order valence-electron chi connectivity index (χ0n) is 10.7. The van der Waals surface area contributed by atoms with Crippen LogP contribution in [0.15, 0.2) is 53.0 Å². The Morgan fingerprint density at radius 2 is 1.79 bits per heavy atom. The molecule has 1 nitrogen and oxygen atoms in total. The monoisotopic (exact) mass is 337 g/mol. The molecule has 100 valence electrons. The van der Waals surface area contributed by atoms with Gasteiger partial charge in [0.15, 0.2) is 0 Å². The van der Waals surface area contributed by atoms with Crippen LogP contribution in [0.2, 0.25) is 5.02 Å². The van der Waals surface area contributed by atoms with Crippen LogP contribution < -0.4 is 5.32 Å². The SMILES string of the molecule is Clc1cc(Br)ccc1NCCCCc1ccccc1. The minimum absolute atomic E-state index is 0.762. The lowest BCUT2D eigenvalue weighted by atomic mass is 10.1. The van der Waals surface area contributed by atoms with E-state index in [9.17, 15) is 0 Å². The van der Waals surface area contributed by atoms with Crippen LogP contribution in [0.3, 0.4) is 0 Å². The summed E-state index contributed by atoms with van der Waals surface area (Å²) in [5.74, 6) is 0. The maximum Gasteiger partial charge on any atom is 0.0648 e. The Balaban J connectivity index is 1.69. The first-order valence-corrected chi connectivity index (χ1v) is 7.65. The summed E-state index contributed by atoms with van der Waals surface area (Å²) in [4.78, 5) is 0. The van der Waals surface area contributed by atoms with Gasteiger partial charge in [0.05, 0.1) is 10.7 Å². The molecule has 1 N–H and O–H groups in total. The number of rotatable bonds is 6. The van der Waals surface area contributed by atoms with Crippen molar-refractivity contribution in [1.29, 1.82) is 0 Å². The van der Waals surface area contributed by atoms with Crippen LogP contribution in [0.1, 0.15) is 18.4 Å². The van der Waals surface area contributed by atoms with Gasteiger partial charge in [0.1, 0.15) is 0 Å². The van der Waals surface area contributed by atoms with Gasteiger partial charge in [0.2, 0.25) is 0 Å². The second-order valence-corrected chi connectivity index (χ2v) is 5.82. The molecule has 0 saturated heterocycles. The predicted octanol–water partition coefficient (Wildman–Crippen LogP) is 5.54. The van der Waals surface area contributed by atoms with E-state index in [2.05, 4.69) is 51.6 Å². The number of anilines is 1. The first-order valence-electron chi connectivity index (χ1n) is 6.48. The molecule has 0 bridgehead atoms. The molecule has 0 heterocycles. The maximum absolute atomic E-state index is 6.15. The summed E-state index contributed by atoms with van der Waals surface area (Å²) in [6.45, 7) is 0.953. The number of aryl methyl sites for hydroxylation is 1. The fourth-order valence-electron chi connectivity index (χ4n) is 1.95. The molecule has 2 aromatic rings. The van der Waals surface area contributed by atoms with Gasteiger partial charge in [0.25, 0.3) is 0 Å². The van der Waals surface area contributed by atoms with Gasteiger partial charge in [-0.05, 0) is 43.0 Å². The van der Waals surface area contributed by atoms with E-state index in [0.29, 0.717) is 0 Å². The van der Waals surface area contributed by atoms with E-state index in [-0.39, 0.29) is 0 Å². The summed E-state index contributed by atoms with van der Waals surface area (Å²) in [5.41, 5.74) is 2.41. The van der Waals surface area contributed by atoms with E-state index in [0.717, 1.165) is 34.6 Å². The minimum Gasteiger partial charge on any atom is -0.384 e. The molecular formula is C16H17BrClN. The van der Waals surface area contributed by atoms with Crippen LogP contribution in [0.25, 0.3) is 0 Å². The fraction of sp³-hybridized carbons (Fsp3) is 0.250. The van der Waals surface area contributed by atoms with Crippen molar-refractivity contribution >= 4 is 33.2 Å². The number of nitrogens with one attached hydrogen (secondary N) is 1. The molecule has 3 heteroatoms. The first-order chi connectivity index (χ1) is 9.25. The third-order valence-electron chi connectivity index (χ3n) is 2.98. The third-order valence-corrected chi connectivity index (χ3v) is 3.79. The van der Waals surface area contributed by atoms with E-state index in [4.69, 9.17) is 11.6 Å². The van der Waals surface area contributed by atoms with Gasteiger partial charge < -0.3 is 5.32 Å².